The zero-order chi connectivity index (χ0) is 14.1. The number of fused-ring (bicyclic) bond motifs is 1. The van der Waals surface area contributed by atoms with Crippen LogP contribution in [-0.2, 0) is 12.8 Å². The maximum Gasteiger partial charge on any atom is 0.356 e. The van der Waals surface area contributed by atoms with Crippen LogP contribution in [0.1, 0.15) is 40.2 Å². The number of imidazole rings is 1. The van der Waals surface area contributed by atoms with Crippen molar-refractivity contribution in [1.29, 1.82) is 5.26 Å². The van der Waals surface area contributed by atoms with Crippen LogP contribution in [0, 0.1) is 11.3 Å². The lowest BCUT2D eigenvalue weighted by molar-refractivity contribution is 0.0691. The predicted octanol–water partition coefficient (Wildman–Crippen LogP) is 1.72. The molecule has 6 nitrogen and oxygen atoms in total. The number of carboxylic acids is 1. The van der Waals surface area contributed by atoms with Gasteiger partial charge in [0.05, 0.1) is 5.56 Å². The third kappa shape index (κ3) is 2.03. The minimum atomic E-state index is -1.10. The number of nitriles is 1. The Morgan fingerprint density at radius 1 is 1.40 bits per heavy atom. The number of hydrogen-bond donors (Lipinski definition) is 1. The molecule has 0 unspecified atom stereocenters. The Labute approximate surface area is 115 Å². The SMILES string of the molecule is N#Cc1cc2c(nc1-n1cnc(C(=O)O)c1)CCCC2. The summed E-state index contributed by atoms with van der Waals surface area (Å²) < 4.78 is 1.50. The molecule has 100 valence electrons. The van der Waals surface area contributed by atoms with Crippen molar-refractivity contribution in [3.8, 4) is 11.9 Å². The maximum atomic E-state index is 10.9. The number of carboxylic acid groups (broad SMARTS) is 1. The molecule has 0 atom stereocenters. The minimum absolute atomic E-state index is 0.0617. The van der Waals surface area contributed by atoms with Crippen LogP contribution in [0.4, 0.5) is 0 Å². The third-order valence-electron chi connectivity index (χ3n) is 3.45. The van der Waals surface area contributed by atoms with Crippen molar-refractivity contribution >= 4 is 5.97 Å². The fourth-order valence-corrected chi connectivity index (χ4v) is 2.45. The largest absolute Gasteiger partial charge is 0.476 e. The molecular formula is C14H12N4O2. The highest BCUT2D eigenvalue weighted by molar-refractivity contribution is 5.85. The van der Waals surface area contributed by atoms with Crippen molar-refractivity contribution in [2.24, 2.45) is 0 Å². The van der Waals surface area contributed by atoms with Gasteiger partial charge in [-0.1, -0.05) is 0 Å². The lowest BCUT2D eigenvalue weighted by atomic mass is 9.95. The van der Waals surface area contributed by atoms with Gasteiger partial charge >= 0.3 is 5.97 Å². The van der Waals surface area contributed by atoms with Gasteiger partial charge in [-0.05, 0) is 37.3 Å². The van der Waals surface area contributed by atoms with Gasteiger partial charge in [0, 0.05) is 11.9 Å². The van der Waals surface area contributed by atoms with Crippen molar-refractivity contribution in [2.75, 3.05) is 0 Å². The van der Waals surface area contributed by atoms with Gasteiger partial charge in [0.25, 0.3) is 0 Å². The summed E-state index contributed by atoms with van der Waals surface area (Å²) in [5.74, 6) is -0.645. The summed E-state index contributed by atoms with van der Waals surface area (Å²) in [5.41, 5.74) is 2.50. The quantitative estimate of drug-likeness (QED) is 0.895. The normalized spacial score (nSPS) is 13.6. The monoisotopic (exact) mass is 268 g/mol. The van der Waals surface area contributed by atoms with Crippen LogP contribution in [0.3, 0.4) is 0 Å². The molecule has 20 heavy (non-hydrogen) atoms. The standard InChI is InChI=1S/C14H12N4O2/c15-6-10-5-9-3-1-2-4-11(9)17-13(10)18-7-12(14(19)20)16-8-18/h5,7-8H,1-4H2,(H,19,20). The second-order valence-electron chi connectivity index (χ2n) is 4.76. The Balaban J connectivity index is 2.12. The first kappa shape index (κ1) is 12.4. The number of aromatic nitrogens is 3. The van der Waals surface area contributed by atoms with Gasteiger partial charge in [-0.3, -0.25) is 4.57 Å². The second-order valence-corrected chi connectivity index (χ2v) is 4.76. The number of pyridine rings is 1. The number of aryl methyl sites for hydroxylation is 2. The summed E-state index contributed by atoms with van der Waals surface area (Å²) in [4.78, 5) is 19.2. The zero-order valence-electron chi connectivity index (χ0n) is 10.7. The number of rotatable bonds is 2. The molecule has 0 saturated carbocycles. The molecule has 0 bridgehead atoms. The Morgan fingerprint density at radius 2 is 2.20 bits per heavy atom. The van der Waals surface area contributed by atoms with Crippen molar-refractivity contribution in [3.63, 3.8) is 0 Å². The summed E-state index contributed by atoms with van der Waals surface area (Å²) in [6, 6.07) is 3.98. The molecule has 3 rings (SSSR count). The van der Waals surface area contributed by atoms with E-state index in [9.17, 15) is 10.1 Å². The Kier molecular flexibility index (Phi) is 2.95. The average molecular weight is 268 g/mol. The van der Waals surface area contributed by atoms with Crippen LogP contribution in [0.2, 0.25) is 0 Å². The van der Waals surface area contributed by atoms with E-state index in [0.717, 1.165) is 36.9 Å². The zero-order valence-corrected chi connectivity index (χ0v) is 10.7. The molecule has 1 aliphatic rings. The van der Waals surface area contributed by atoms with E-state index in [0.29, 0.717) is 11.4 Å². The number of hydrogen-bond acceptors (Lipinski definition) is 4. The van der Waals surface area contributed by atoms with Crippen LogP contribution < -0.4 is 0 Å². The van der Waals surface area contributed by atoms with Gasteiger partial charge in [-0.2, -0.15) is 5.26 Å². The molecule has 0 aliphatic heterocycles. The predicted molar refractivity (Wildman–Crippen MR) is 69.7 cm³/mol. The topological polar surface area (TPSA) is 91.8 Å². The van der Waals surface area contributed by atoms with Crippen molar-refractivity contribution in [2.45, 2.75) is 25.7 Å². The highest BCUT2D eigenvalue weighted by Crippen LogP contribution is 2.23. The van der Waals surface area contributed by atoms with Gasteiger partial charge in [0.1, 0.15) is 12.4 Å². The Bertz CT molecular complexity index is 727. The number of carbonyl (C=O) groups is 1. The van der Waals surface area contributed by atoms with E-state index in [1.54, 1.807) is 0 Å². The molecule has 0 radical (unpaired) electrons. The molecule has 2 aromatic heterocycles. The molecule has 0 aromatic carbocycles. The van der Waals surface area contributed by atoms with Crippen LogP contribution in [0.5, 0.6) is 0 Å². The van der Waals surface area contributed by atoms with E-state index >= 15 is 0 Å². The first-order chi connectivity index (χ1) is 9.69. The summed E-state index contributed by atoms with van der Waals surface area (Å²) in [7, 11) is 0. The summed E-state index contributed by atoms with van der Waals surface area (Å²) in [6.07, 6.45) is 6.81. The van der Waals surface area contributed by atoms with Crippen molar-refractivity contribution in [3.05, 3.63) is 41.1 Å². The molecular weight excluding hydrogens is 256 g/mol. The van der Waals surface area contributed by atoms with E-state index in [1.165, 1.54) is 17.1 Å². The lowest BCUT2D eigenvalue weighted by Crippen LogP contribution is -2.10. The van der Waals surface area contributed by atoms with E-state index in [2.05, 4.69) is 16.0 Å². The van der Waals surface area contributed by atoms with Crippen LogP contribution in [-0.4, -0.2) is 25.6 Å². The molecule has 0 saturated heterocycles. The first-order valence-electron chi connectivity index (χ1n) is 6.39. The fraction of sp³-hybridized carbons (Fsp3) is 0.286. The molecule has 1 aliphatic carbocycles. The number of nitrogens with zero attached hydrogens (tertiary/aromatic N) is 4. The number of aromatic carboxylic acids is 1. The van der Waals surface area contributed by atoms with Crippen LogP contribution >= 0.6 is 0 Å². The molecule has 1 N–H and O–H groups in total. The van der Waals surface area contributed by atoms with E-state index < -0.39 is 5.97 Å². The fourth-order valence-electron chi connectivity index (χ4n) is 2.45. The van der Waals surface area contributed by atoms with Gasteiger partial charge in [-0.25, -0.2) is 14.8 Å². The average Bonchev–Trinajstić information content (AvgIpc) is 2.95. The van der Waals surface area contributed by atoms with E-state index in [1.807, 2.05) is 6.07 Å². The highest BCUT2D eigenvalue weighted by Gasteiger charge is 2.17. The Morgan fingerprint density at radius 3 is 2.90 bits per heavy atom. The van der Waals surface area contributed by atoms with E-state index in [4.69, 9.17) is 5.11 Å². The van der Waals surface area contributed by atoms with Gasteiger partial charge in [0.15, 0.2) is 11.5 Å². The highest BCUT2D eigenvalue weighted by atomic mass is 16.4. The molecule has 0 fully saturated rings. The van der Waals surface area contributed by atoms with Crippen LogP contribution in [0.25, 0.3) is 5.82 Å². The first-order valence-corrected chi connectivity index (χ1v) is 6.39. The van der Waals surface area contributed by atoms with Gasteiger partial charge in [-0.15, -0.1) is 0 Å². The van der Waals surface area contributed by atoms with Crippen molar-refractivity contribution < 1.29 is 9.90 Å². The maximum absolute atomic E-state index is 10.9. The smallest absolute Gasteiger partial charge is 0.356 e. The minimum Gasteiger partial charge on any atom is -0.476 e. The third-order valence-corrected chi connectivity index (χ3v) is 3.45. The molecule has 2 heterocycles. The Hall–Kier alpha value is -2.68. The molecule has 2 aromatic rings. The van der Waals surface area contributed by atoms with Crippen molar-refractivity contribution in [1.82, 2.24) is 14.5 Å². The van der Waals surface area contributed by atoms with Gasteiger partial charge in [0.2, 0.25) is 0 Å². The second kappa shape index (κ2) is 4.78. The molecule has 0 spiro atoms. The molecule has 6 heteroatoms. The lowest BCUT2D eigenvalue weighted by Gasteiger charge is -2.16. The molecule has 0 amide bonds. The van der Waals surface area contributed by atoms with Gasteiger partial charge < -0.3 is 5.11 Å². The van der Waals surface area contributed by atoms with E-state index in [-0.39, 0.29) is 5.69 Å². The summed E-state index contributed by atoms with van der Waals surface area (Å²) in [5, 5.41) is 18.2. The van der Waals surface area contributed by atoms with Crippen LogP contribution in [0.15, 0.2) is 18.6 Å². The summed E-state index contributed by atoms with van der Waals surface area (Å²) in [6.45, 7) is 0. The summed E-state index contributed by atoms with van der Waals surface area (Å²) >= 11 is 0.